The van der Waals surface area contributed by atoms with E-state index in [0.29, 0.717) is 0 Å². The molecule has 0 radical (unpaired) electrons. The van der Waals surface area contributed by atoms with Crippen LogP contribution in [-0.4, -0.2) is 12.4 Å². The molecule has 0 aromatic rings. The third-order valence-electron chi connectivity index (χ3n) is 0.611. The fourth-order valence-electron chi connectivity index (χ4n) is 0.364. The van der Waals surface area contributed by atoms with Crippen LogP contribution >= 0.6 is 11.8 Å². The van der Waals surface area contributed by atoms with Gasteiger partial charge in [-0.05, 0) is 19.3 Å². The lowest BCUT2D eigenvalue weighted by molar-refractivity contribution is 0.259. The number of hydrogen-bond acceptors (Lipinski definition) is 2. The van der Waals surface area contributed by atoms with Gasteiger partial charge in [0.2, 0.25) is 0 Å². The van der Waals surface area contributed by atoms with Gasteiger partial charge in [0.1, 0.15) is 5.09 Å². The summed E-state index contributed by atoms with van der Waals surface area (Å²) in [6, 6.07) is 0. The molecule has 0 unspecified atom stereocenters. The molecule has 0 aliphatic rings. The zero-order valence-electron chi connectivity index (χ0n) is 5.44. The van der Waals surface area contributed by atoms with E-state index in [4.69, 9.17) is 4.74 Å². The molecule has 48 valence electrons. The van der Waals surface area contributed by atoms with E-state index in [1.165, 1.54) is 0 Å². The monoisotopic (exact) mass is 132 g/mol. The Kier molecular flexibility index (Phi) is 4.97. The zero-order valence-corrected chi connectivity index (χ0v) is 6.25. The topological polar surface area (TPSA) is 9.23 Å². The smallest absolute Gasteiger partial charge is 0.145 e. The summed E-state index contributed by atoms with van der Waals surface area (Å²) in [6.07, 6.45) is 0. The highest BCUT2D eigenvalue weighted by molar-refractivity contribution is 8.02. The van der Waals surface area contributed by atoms with Crippen LogP contribution in [0.1, 0.15) is 13.8 Å². The van der Waals surface area contributed by atoms with Crippen LogP contribution in [0.15, 0.2) is 11.7 Å². The van der Waals surface area contributed by atoms with E-state index in [0.717, 1.165) is 17.5 Å². The van der Waals surface area contributed by atoms with E-state index >= 15 is 0 Å². The molecule has 0 aliphatic carbocycles. The van der Waals surface area contributed by atoms with Crippen LogP contribution in [-0.2, 0) is 4.74 Å². The number of rotatable bonds is 4. The summed E-state index contributed by atoms with van der Waals surface area (Å²) in [4.78, 5) is 0. The molecule has 0 spiro atoms. The number of thioether (sulfide) groups is 1. The van der Waals surface area contributed by atoms with Crippen LogP contribution in [0, 0.1) is 0 Å². The minimum Gasteiger partial charge on any atom is -0.488 e. The van der Waals surface area contributed by atoms with Crippen molar-refractivity contribution in [1.29, 1.82) is 0 Å². The van der Waals surface area contributed by atoms with E-state index in [-0.39, 0.29) is 0 Å². The summed E-state index contributed by atoms with van der Waals surface area (Å²) in [5, 5.41) is 0.829. The van der Waals surface area contributed by atoms with E-state index in [1.807, 2.05) is 6.92 Å². The summed E-state index contributed by atoms with van der Waals surface area (Å²) in [7, 11) is 0. The predicted octanol–water partition coefficient (Wildman–Crippen LogP) is 2.25. The van der Waals surface area contributed by atoms with Crippen molar-refractivity contribution in [2.24, 2.45) is 0 Å². The maximum atomic E-state index is 5.05. The molecule has 0 atom stereocenters. The van der Waals surface area contributed by atoms with Crippen molar-refractivity contribution in [3.8, 4) is 0 Å². The molecule has 0 rings (SSSR count). The fraction of sp³-hybridized carbons (Fsp3) is 0.667. The zero-order chi connectivity index (χ0) is 6.41. The van der Waals surface area contributed by atoms with Crippen LogP contribution in [0.2, 0.25) is 0 Å². The Labute approximate surface area is 55.1 Å². The second kappa shape index (κ2) is 5.04. The van der Waals surface area contributed by atoms with Crippen molar-refractivity contribution in [2.75, 3.05) is 12.4 Å². The summed E-state index contributed by atoms with van der Waals surface area (Å²) in [5.74, 6) is 1.04. The van der Waals surface area contributed by atoms with Crippen LogP contribution in [0.25, 0.3) is 0 Å². The molecule has 0 fully saturated rings. The molecular weight excluding hydrogens is 120 g/mol. The summed E-state index contributed by atoms with van der Waals surface area (Å²) >= 11 is 1.64. The highest BCUT2D eigenvalue weighted by Gasteiger charge is 1.87. The van der Waals surface area contributed by atoms with Gasteiger partial charge in [-0.15, -0.1) is 0 Å². The van der Waals surface area contributed by atoms with Crippen molar-refractivity contribution in [2.45, 2.75) is 13.8 Å². The molecule has 0 heterocycles. The molecule has 0 aromatic carbocycles. The standard InChI is InChI=1S/C6H12OS/c1-4-7-6(3)8-5-2/h3-5H2,1-2H3. The molecule has 0 saturated heterocycles. The van der Waals surface area contributed by atoms with Gasteiger partial charge in [-0.2, -0.15) is 0 Å². The van der Waals surface area contributed by atoms with Gasteiger partial charge >= 0.3 is 0 Å². The Morgan fingerprint density at radius 1 is 1.62 bits per heavy atom. The van der Waals surface area contributed by atoms with Crippen LogP contribution < -0.4 is 0 Å². The second-order valence-corrected chi connectivity index (χ2v) is 2.56. The molecular formula is C6H12OS. The van der Waals surface area contributed by atoms with Crippen molar-refractivity contribution in [3.05, 3.63) is 11.7 Å². The van der Waals surface area contributed by atoms with Gasteiger partial charge in [-0.3, -0.25) is 0 Å². The lowest BCUT2D eigenvalue weighted by Crippen LogP contribution is -1.84. The molecule has 8 heavy (non-hydrogen) atoms. The molecule has 0 N–H and O–H groups in total. The van der Waals surface area contributed by atoms with Gasteiger partial charge in [0.25, 0.3) is 0 Å². The summed E-state index contributed by atoms with van der Waals surface area (Å²) in [6.45, 7) is 8.44. The highest BCUT2D eigenvalue weighted by Crippen LogP contribution is 2.12. The fourth-order valence-corrected chi connectivity index (χ4v) is 0.887. The first-order valence-electron chi connectivity index (χ1n) is 2.75. The van der Waals surface area contributed by atoms with Crippen molar-refractivity contribution in [3.63, 3.8) is 0 Å². The van der Waals surface area contributed by atoms with E-state index in [1.54, 1.807) is 11.8 Å². The van der Waals surface area contributed by atoms with Crippen LogP contribution in [0.3, 0.4) is 0 Å². The van der Waals surface area contributed by atoms with E-state index in [9.17, 15) is 0 Å². The molecule has 0 amide bonds. The average molecular weight is 132 g/mol. The lowest BCUT2D eigenvalue weighted by atomic mass is 10.9. The van der Waals surface area contributed by atoms with Crippen molar-refractivity contribution < 1.29 is 4.74 Å². The number of ether oxygens (including phenoxy) is 1. The minimum absolute atomic E-state index is 0.728. The van der Waals surface area contributed by atoms with Gasteiger partial charge in [0, 0.05) is 0 Å². The molecule has 0 saturated carbocycles. The maximum Gasteiger partial charge on any atom is 0.145 e. The molecule has 1 nitrogen and oxygen atoms in total. The van der Waals surface area contributed by atoms with Crippen molar-refractivity contribution in [1.82, 2.24) is 0 Å². The maximum absolute atomic E-state index is 5.05. The van der Waals surface area contributed by atoms with Crippen molar-refractivity contribution >= 4 is 11.8 Å². The van der Waals surface area contributed by atoms with E-state index < -0.39 is 0 Å². The van der Waals surface area contributed by atoms with Crippen LogP contribution in [0.5, 0.6) is 0 Å². The minimum atomic E-state index is 0.728. The molecule has 2 heteroatoms. The van der Waals surface area contributed by atoms with Gasteiger partial charge in [0.15, 0.2) is 0 Å². The Hall–Kier alpha value is -0.110. The largest absolute Gasteiger partial charge is 0.488 e. The van der Waals surface area contributed by atoms with Gasteiger partial charge in [-0.1, -0.05) is 18.7 Å². The van der Waals surface area contributed by atoms with Gasteiger partial charge < -0.3 is 4.74 Å². The molecule has 0 aromatic heterocycles. The lowest BCUT2D eigenvalue weighted by Gasteiger charge is -2.01. The molecule has 0 aliphatic heterocycles. The average Bonchev–Trinajstić information content (AvgIpc) is 1.68. The Morgan fingerprint density at radius 3 is 2.62 bits per heavy atom. The SMILES string of the molecule is C=C(OCC)SCC. The van der Waals surface area contributed by atoms with Gasteiger partial charge in [-0.25, -0.2) is 0 Å². The summed E-state index contributed by atoms with van der Waals surface area (Å²) < 4.78 is 5.05. The number of hydrogen-bond donors (Lipinski definition) is 0. The molecule has 0 bridgehead atoms. The predicted molar refractivity (Wildman–Crippen MR) is 38.9 cm³/mol. The Balaban J connectivity index is 3.06. The Morgan fingerprint density at radius 2 is 2.25 bits per heavy atom. The Bertz CT molecular complexity index is 62.9. The van der Waals surface area contributed by atoms with Gasteiger partial charge in [0.05, 0.1) is 6.61 Å². The third-order valence-corrected chi connectivity index (χ3v) is 1.34. The third kappa shape index (κ3) is 4.06. The second-order valence-electron chi connectivity index (χ2n) is 1.24. The first-order valence-corrected chi connectivity index (χ1v) is 3.74. The highest BCUT2D eigenvalue weighted by atomic mass is 32.2. The summed E-state index contributed by atoms with van der Waals surface area (Å²) in [5.41, 5.74) is 0. The first kappa shape index (κ1) is 7.89. The quantitative estimate of drug-likeness (QED) is 0.542. The van der Waals surface area contributed by atoms with Crippen LogP contribution in [0.4, 0.5) is 0 Å². The normalized spacial score (nSPS) is 8.75. The first-order chi connectivity index (χ1) is 3.81. The van der Waals surface area contributed by atoms with E-state index in [2.05, 4.69) is 13.5 Å².